The van der Waals surface area contributed by atoms with Gasteiger partial charge < -0.3 is 14.7 Å². The monoisotopic (exact) mass is 290 g/mol. The standard InChI is InChI=1S/C12H16F2N2O4/c1-2-5-15(6-7-17)9-3-4-10(16(18)19)11(8-9)20-12(13)14/h3-4,8,12,17H,2,5-7H2,1H3. The Bertz CT molecular complexity index is 451. The summed E-state index contributed by atoms with van der Waals surface area (Å²) in [5.74, 6) is -0.485. The Morgan fingerprint density at radius 1 is 1.45 bits per heavy atom. The second-order valence-corrected chi connectivity index (χ2v) is 4.00. The first kappa shape index (κ1) is 16.1. The second-order valence-electron chi connectivity index (χ2n) is 4.00. The summed E-state index contributed by atoms with van der Waals surface area (Å²) in [6.45, 7) is -0.429. The Morgan fingerprint density at radius 2 is 2.15 bits per heavy atom. The van der Waals surface area contributed by atoms with Crippen LogP contribution in [0.15, 0.2) is 18.2 Å². The van der Waals surface area contributed by atoms with Crippen molar-refractivity contribution in [3.05, 3.63) is 28.3 Å². The van der Waals surface area contributed by atoms with E-state index in [0.29, 0.717) is 18.8 Å². The van der Waals surface area contributed by atoms with Crippen LogP contribution in [-0.4, -0.2) is 36.3 Å². The van der Waals surface area contributed by atoms with E-state index < -0.39 is 23.0 Å². The van der Waals surface area contributed by atoms with Crippen LogP contribution >= 0.6 is 0 Å². The third-order valence-corrected chi connectivity index (χ3v) is 2.58. The van der Waals surface area contributed by atoms with E-state index in [1.165, 1.54) is 12.1 Å². The molecule has 0 aliphatic rings. The molecular formula is C12H16F2N2O4. The first-order valence-electron chi connectivity index (χ1n) is 6.08. The smallest absolute Gasteiger partial charge is 0.387 e. The number of nitro benzene ring substituents is 1. The van der Waals surface area contributed by atoms with Gasteiger partial charge in [-0.1, -0.05) is 6.92 Å². The van der Waals surface area contributed by atoms with Crippen molar-refractivity contribution in [3.63, 3.8) is 0 Å². The topological polar surface area (TPSA) is 75.8 Å². The molecular weight excluding hydrogens is 274 g/mol. The summed E-state index contributed by atoms with van der Waals surface area (Å²) in [6.07, 6.45) is 0.780. The van der Waals surface area contributed by atoms with Gasteiger partial charge in [-0.25, -0.2) is 0 Å². The van der Waals surface area contributed by atoms with Crippen molar-refractivity contribution in [2.75, 3.05) is 24.6 Å². The second kappa shape index (κ2) is 7.59. The van der Waals surface area contributed by atoms with Gasteiger partial charge >= 0.3 is 12.3 Å². The van der Waals surface area contributed by atoms with E-state index in [-0.39, 0.29) is 6.61 Å². The highest BCUT2D eigenvalue weighted by Gasteiger charge is 2.20. The number of nitrogens with zero attached hydrogens (tertiary/aromatic N) is 2. The lowest BCUT2D eigenvalue weighted by molar-refractivity contribution is -0.386. The lowest BCUT2D eigenvalue weighted by Gasteiger charge is -2.23. The van der Waals surface area contributed by atoms with Crippen LogP contribution in [0.5, 0.6) is 5.75 Å². The maximum Gasteiger partial charge on any atom is 0.387 e. The predicted octanol–water partition coefficient (Wildman–Crippen LogP) is 2.40. The van der Waals surface area contributed by atoms with Gasteiger partial charge in [-0.05, 0) is 12.5 Å². The van der Waals surface area contributed by atoms with Crippen molar-refractivity contribution >= 4 is 11.4 Å². The van der Waals surface area contributed by atoms with E-state index in [1.807, 2.05) is 6.92 Å². The minimum Gasteiger partial charge on any atom is -0.427 e. The molecule has 1 aromatic carbocycles. The molecule has 1 N–H and O–H groups in total. The number of benzene rings is 1. The van der Waals surface area contributed by atoms with Crippen LogP contribution in [0.2, 0.25) is 0 Å². The average Bonchev–Trinajstić information content (AvgIpc) is 2.37. The first-order valence-corrected chi connectivity index (χ1v) is 6.08. The Labute approximate surface area is 114 Å². The highest BCUT2D eigenvalue weighted by atomic mass is 19.3. The highest BCUT2D eigenvalue weighted by Crippen LogP contribution is 2.32. The summed E-state index contributed by atoms with van der Waals surface area (Å²) in [7, 11) is 0. The fourth-order valence-corrected chi connectivity index (χ4v) is 1.80. The van der Waals surface area contributed by atoms with Gasteiger partial charge in [0.15, 0.2) is 0 Å². The van der Waals surface area contributed by atoms with E-state index in [1.54, 1.807) is 4.90 Å². The van der Waals surface area contributed by atoms with Crippen molar-refractivity contribution in [2.45, 2.75) is 20.0 Å². The maximum atomic E-state index is 12.3. The lowest BCUT2D eigenvalue weighted by Crippen LogP contribution is -2.27. The van der Waals surface area contributed by atoms with Crippen LogP contribution in [0.1, 0.15) is 13.3 Å². The van der Waals surface area contributed by atoms with Gasteiger partial charge in [-0.2, -0.15) is 8.78 Å². The van der Waals surface area contributed by atoms with Crippen molar-refractivity contribution in [1.29, 1.82) is 0 Å². The summed E-state index contributed by atoms with van der Waals surface area (Å²) in [6, 6.07) is 3.75. The zero-order chi connectivity index (χ0) is 15.1. The van der Waals surface area contributed by atoms with Crippen LogP contribution in [-0.2, 0) is 0 Å². The summed E-state index contributed by atoms with van der Waals surface area (Å²) in [5, 5.41) is 19.7. The SMILES string of the molecule is CCCN(CCO)c1ccc([N+](=O)[O-])c(OC(F)F)c1. The molecule has 0 fully saturated rings. The molecule has 0 bridgehead atoms. The van der Waals surface area contributed by atoms with E-state index in [0.717, 1.165) is 12.5 Å². The molecule has 6 nitrogen and oxygen atoms in total. The molecule has 20 heavy (non-hydrogen) atoms. The molecule has 0 spiro atoms. The first-order chi connectivity index (χ1) is 9.49. The van der Waals surface area contributed by atoms with Crippen molar-refractivity contribution < 1.29 is 23.5 Å². The van der Waals surface area contributed by atoms with Crippen LogP contribution in [0.25, 0.3) is 0 Å². The minimum absolute atomic E-state index is 0.109. The number of aliphatic hydroxyl groups is 1. The summed E-state index contributed by atoms with van der Waals surface area (Å²) < 4.78 is 28.8. The van der Waals surface area contributed by atoms with Crippen molar-refractivity contribution in [3.8, 4) is 5.75 Å². The van der Waals surface area contributed by atoms with Gasteiger partial charge in [-0.3, -0.25) is 10.1 Å². The Hall–Kier alpha value is -1.96. The predicted molar refractivity (Wildman–Crippen MR) is 69.3 cm³/mol. The molecule has 0 heterocycles. The zero-order valence-corrected chi connectivity index (χ0v) is 11.0. The molecule has 0 saturated carbocycles. The Balaban J connectivity index is 3.12. The molecule has 8 heteroatoms. The van der Waals surface area contributed by atoms with Crippen LogP contribution < -0.4 is 9.64 Å². The number of ether oxygens (including phenoxy) is 1. The molecule has 112 valence electrons. The summed E-state index contributed by atoms with van der Waals surface area (Å²) in [4.78, 5) is 11.7. The quantitative estimate of drug-likeness (QED) is 0.587. The van der Waals surface area contributed by atoms with Crippen molar-refractivity contribution in [1.82, 2.24) is 0 Å². The number of halogens is 2. The molecule has 0 saturated heterocycles. The fourth-order valence-electron chi connectivity index (χ4n) is 1.80. The molecule has 0 radical (unpaired) electrons. The zero-order valence-electron chi connectivity index (χ0n) is 11.0. The van der Waals surface area contributed by atoms with Crippen LogP contribution in [0.3, 0.4) is 0 Å². The lowest BCUT2D eigenvalue weighted by atomic mass is 10.2. The number of hydrogen-bond donors (Lipinski definition) is 1. The van der Waals surface area contributed by atoms with E-state index in [2.05, 4.69) is 4.74 Å². The minimum atomic E-state index is -3.14. The molecule has 0 unspecified atom stereocenters. The van der Waals surface area contributed by atoms with E-state index >= 15 is 0 Å². The number of aliphatic hydroxyl groups excluding tert-OH is 1. The van der Waals surface area contributed by atoms with Crippen LogP contribution in [0.4, 0.5) is 20.2 Å². The molecule has 1 aromatic rings. The van der Waals surface area contributed by atoms with Gasteiger partial charge in [0.05, 0.1) is 11.5 Å². The Morgan fingerprint density at radius 3 is 2.65 bits per heavy atom. The summed E-state index contributed by atoms with van der Waals surface area (Å²) in [5.41, 5.74) is -0.0309. The number of rotatable bonds is 8. The third-order valence-electron chi connectivity index (χ3n) is 2.58. The average molecular weight is 290 g/mol. The van der Waals surface area contributed by atoms with Gasteiger partial charge in [0, 0.05) is 30.9 Å². The fraction of sp³-hybridized carbons (Fsp3) is 0.500. The maximum absolute atomic E-state index is 12.3. The number of nitro groups is 1. The van der Waals surface area contributed by atoms with Gasteiger partial charge in [0.1, 0.15) is 0 Å². The molecule has 0 atom stereocenters. The number of anilines is 1. The molecule has 0 aliphatic carbocycles. The molecule has 0 aliphatic heterocycles. The Kier molecular flexibility index (Phi) is 6.10. The number of hydrogen-bond acceptors (Lipinski definition) is 5. The van der Waals surface area contributed by atoms with Gasteiger partial charge in [-0.15, -0.1) is 0 Å². The summed E-state index contributed by atoms with van der Waals surface area (Å²) >= 11 is 0. The molecule has 0 amide bonds. The largest absolute Gasteiger partial charge is 0.427 e. The molecule has 1 rings (SSSR count). The third kappa shape index (κ3) is 4.30. The molecule has 0 aromatic heterocycles. The van der Waals surface area contributed by atoms with Gasteiger partial charge in [0.2, 0.25) is 5.75 Å². The van der Waals surface area contributed by atoms with Crippen molar-refractivity contribution in [2.24, 2.45) is 0 Å². The number of alkyl halides is 2. The van der Waals surface area contributed by atoms with E-state index in [4.69, 9.17) is 5.11 Å². The highest BCUT2D eigenvalue weighted by molar-refractivity contribution is 5.59. The normalized spacial score (nSPS) is 10.7. The van der Waals surface area contributed by atoms with E-state index in [9.17, 15) is 18.9 Å². The van der Waals surface area contributed by atoms with Gasteiger partial charge in [0.25, 0.3) is 0 Å². The van der Waals surface area contributed by atoms with Crippen LogP contribution in [0, 0.1) is 10.1 Å².